The summed E-state index contributed by atoms with van der Waals surface area (Å²) in [4.78, 5) is 11.5. The van der Waals surface area contributed by atoms with Gasteiger partial charge in [0, 0.05) is 30.9 Å². The average molecular weight is 348 g/mol. The highest BCUT2D eigenvalue weighted by molar-refractivity contribution is 6.88. The predicted molar refractivity (Wildman–Crippen MR) is 104 cm³/mol. The number of ether oxygens (including phenoxy) is 1. The molecule has 0 atom stereocenters. The molecule has 1 aromatic heterocycles. The maximum Gasteiger partial charge on any atom is 0.152 e. The molecule has 0 aliphatic rings. The summed E-state index contributed by atoms with van der Waals surface area (Å²) >= 11 is 0. The Kier molecular flexibility index (Phi) is 5.33. The van der Waals surface area contributed by atoms with Gasteiger partial charge in [-0.15, -0.1) is 0 Å². The lowest BCUT2D eigenvalue weighted by Gasteiger charge is -2.21. The maximum absolute atomic E-state index is 11.5. The van der Waals surface area contributed by atoms with Crippen LogP contribution in [0.5, 0.6) is 0 Å². The number of aldehydes is 1. The number of hydrogen-bond acceptors (Lipinski definition) is 2. The molecule has 5 heteroatoms. The zero-order valence-corrected chi connectivity index (χ0v) is 17.3. The Hall–Kier alpha value is -1.18. The van der Waals surface area contributed by atoms with Gasteiger partial charge in [-0.2, -0.15) is 0 Å². The Morgan fingerprint density at radius 1 is 1.13 bits per heavy atom. The van der Waals surface area contributed by atoms with Crippen LogP contribution in [0.1, 0.15) is 10.4 Å². The standard InChI is InChI=1S/C18H29NO2Si2/c1-22(2,3)11-10-21-14-19-17(23(4,5)6)12-15-8-7-9-16(13-20)18(15)19/h7-9,12-13H,10-11,14H2,1-6H3. The first-order valence-electron chi connectivity index (χ1n) is 8.29. The van der Waals surface area contributed by atoms with Gasteiger partial charge in [0.2, 0.25) is 0 Å². The van der Waals surface area contributed by atoms with E-state index in [-0.39, 0.29) is 0 Å². The van der Waals surface area contributed by atoms with Crippen LogP contribution in [-0.4, -0.2) is 33.6 Å². The third-order valence-corrected chi connectivity index (χ3v) is 7.72. The van der Waals surface area contributed by atoms with E-state index < -0.39 is 16.1 Å². The number of carbonyl (C=O) groups excluding carboxylic acids is 1. The van der Waals surface area contributed by atoms with Crippen molar-refractivity contribution in [2.45, 2.75) is 52.1 Å². The fourth-order valence-corrected chi connectivity index (χ4v) is 5.07. The molecule has 2 aromatic rings. The second-order valence-corrected chi connectivity index (χ2v) is 19.1. The van der Waals surface area contributed by atoms with Gasteiger partial charge in [0.1, 0.15) is 6.73 Å². The average Bonchev–Trinajstić information content (AvgIpc) is 2.81. The van der Waals surface area contributed by atoms with Gasteiger partial charge in [0.15, 0.2) is 6.29 Å². The Balaban J connectivity index is 2.36. The molecule has 126 valence electrons. The van der Waals surface area contributed by atoms with Gasteiger partial charge in [-0.05, 0) is 18.2 Å². The Morgan fingerprint density at radius 3 is 2.39 bits per heavy atom. The van der Waals surface area contributed by atoms with Crippen molar-refractivity contribution < 1.29 is 9.53 Å². The Bertz CT molecular complexity index is 693. The van der Waals surface area contributed by atoms with E-state index in [0.717, 1.165) is 35.4 Å². The summed E-state index contributed by atoms with van der Waals surface area (Å²) in [7, 11) is -2.60. The Labute approximate surface area is 141 Å². The number of para-hydroxylation sites is 1. The number of hydrogen-bond donors (Lipinski definition) is 0. The first-order valence-corrected chi connectivity index (χ1v) is 15.5. The molecule has 0 aliphatic heterocycles. The van der Waals surface area contributed by atoms with Gasteiger partial charge >= 0.3 is 0 Å². The normalized spacial score (nSPS) is 12.8. The van der Waals surface area contributed by atoms with E-state index in [1.807, 2.05) is 12.1 Å². The van der Waals surface area contributed by atoms with Crippen molar-refractivity contribution in [1.82, 2.24) is 4.57 Å². The van der Waals surface area contributed by atoms with Crippen LogP contribution in [-0.2, 0) is 11.5 Å². The SMILES string of the molecule is C[Si](C)(C)CCOCn1c([Si](C)(C)C)cc2cccc(C=O)c21. The molecule has 0 aliphatic carbocycles. The van der Waals surface area contributed by atoms with E-state index in [2.05, 4.69) is 56.0 Å². The van der Waals surface area contributed by atoms with Gasteiger partial charge in [0.25, 0.3) is 0 Å². The molecule has 0 N–H and O–H groups in total. The van der Waals surface area contributed by atoms with Crippen LogP contribution in [0, 0.1) is 0 Å². The van der Waals surface area contributed by atoms with Crippen LogP contribution in [0.4, 0.5) is 0 Å². The number of benzene rings is 1. The van der Waals surface area contributed by atoms with Crippen LogP contribution in [0.15, 0.2) is 24.3 Å². The third kappa shape index (κ3) is 4.43. The summed E-state index contributed by atoms with van der Waals surface area (Å²) in [6.07, 6.45) is 0.953. The lowest BCUT2D eigenvalue weighted by atomic mass is 10.1. The minimum atomic E-state index is -1.52. The van der Waals surface area contributed by atoms with Crippen molar-refractivity contribution in [3.05, 3.63) is 29.8 Å². The first-order chi connectivity index (χ1) is 10.6. The Morgan fingerprint density at radius 2 is 1.83 bits per heavy atom. The highest BCUT2D eigenvalue weighted by Gasteiger charge is 2.24. The van der Waals surface area contributed by atoms with E-state index in [1.165, 1.54) is 5.32 Å². The largest absolute Gasteiger partial charge is 0.361 e. The molecule has 3 nitrogen and oxygen atoms in total. The molecule has 0 fully saturated rings. The summed E-state index contributed by atoms with van der Waals surface area (Å²) in [5.74, 6) is 0. The lowest BCUT2D eigenvalue weighted by Crippen LogP contribution is -2.43. The number of aromatic nitrogens is 1. The minimum absolute atomic E-state index is 0.540. The van der Waals surface area contributed by atoms with E-state index in [0.29, 0.717) is 6.73 Å². The molecule has 2 rings (SSSR count). The van der Waals surface area contributed by atoms with Gasteiger partial charge < -0.3 is 9.30 Å². The number of rotatable bonds is 7. The van der Waals surface area contributed by atoms with Crippen molar-refractivity contribution in [3.8, 4) is 0 Å². The molecule has 0 bridgehead atoms. The molecule has 0 spiro atoms. The summed E-state index contributed by atoms with van der Waals surface area (Å²) in [6.45, 7) is 15.4. The van der Waals surface area contributed by atoms with E-state index >= 15 is 0 Å². The van der Waals surface area contributed by atoms with E-state index in [4.69, 9.17) is 4.74 Å². The fraction of sp³-hybridized carbons (Fsp3) is 0.500. The number of nitrogens with zero attached hydrogens (tertiary/aromatic N) is 1. The highest BCUT2D eigenvalue weighted by atomic mass is 28.3. The molecule has 1 heterocycles. The number of carbonyl (C=O) groups is 1. The summed E-state index contributed by atoms with van der Waals surface area (Å²) < 4.78 is 8.23. The van der Waals surface area contributed by atoms with Crippen LogP contribution in [0.3, 0.4) is 0 Å². The van der Waals surface area contributed by atoms with Crippen molar-refractivity contribution in [1.29, 1.82) is 0 Å². The monoisotopic (exact) mass is 347 g/mol. The summed E-state index contributed by atoms with van der Waals surface area (Å²) in [5.41, 5.74) is 1.77. The van der Waals surface area contributed by atoms with Crippen LogP contribution >= 0.6 is 0 Å². The van der Waals surface area contributed by atoms with Crippen LogP contribution < -0.4 is 5.32 Å². The zero-order chi connectivity index (χ0) is 17.3. The van der Waals surface area contributed by atoms with Gasteiger partial charge in [-0.1, -0.05) is 51.4 Å². The predicted octanol–water partition coefficient (Wildman–Crippen LogP) is 4.31. The third-order valence-electron chi connectivity index (χ3n) is 4.06. The molecule has 0 amide bonds. The van der Waals surface area contributed by atoms with Crippen molar-refractivity contribution in [2.24, 2.45) is 0 Å². The zero-order valence-electron chi connectivity index (χ0n) is 15.3. The molecule has 0 radical (unpaired) electrons. The molecular weight excluding hydrogens is 318 g/mol. The van der Waals surface area contributed by atoms with Gasteiger partial charge in [0.05, 0.1) is 13.6 Å². The minimum Gasteiger partial charge on any atom is -0.361 e. The molecule has 0 saturated carbocycles. The second kappa shape index (κ2) is 6.75. The molecule has 0 unspecified atom stereocenters. The number of fused-ring (bicyclic) bond motifs is 1. The molecular formula is C18H29NO2Si2. The van der Waals surface area contributed by atoms with Crippen LogP contribution in [0.25, 0.3) is 10.9 Å². The molecule has 23 heavy (non-hydrogen) atoms. The highest BCUT2D eigenvalue weighted by Crippen LogP contribution is 2.21. The van der Waals surface area contributed by atoms with E-state index in [9.17, 15) is 4.79 Å². The topological polar surface area (TPSA) is 31.2 Å². The molecule has 0 saturated heterocycles. The quantitative estimate of drug-likeness (QED) is 0.424. The first kappa shape index (κ1) is 18.2. The smallest absolute Gasteiger partial charge is 0.152 e. The van der Waals surface area contributed by atoms with Crippen molar-refractivity contribution in [3.63, 3.8) is 0 Å². The van der Waals surface area contributed by atoms with Gasteiger partial charge in [-0.3, -0.25) is 4.79 Å². The second-order valence-electron chi connectivity index (χ2n) is 8.46. The lowest BCUT2D eigenvalue weighted by molar-refractivity contribution is 0.0918. The van der Waals surface area contributed by atoms with Crippen molar-refractivity contribution >= 4 is 38.7 Å². The molecule has 1 aromatic carbocycles. The van der Waals surface area contributed by atoms with Gasteiger partial charge in [-0.25, -0.2) is 0 Å². The summed E-state index contributed by atoms with van der Waals surface area (Å²) in [5, 5.41) is 2.48. The maximum atomic E-state index is 11.5. The van der Waals surface area contributed by atoms with Crippen molar-refractivity contribution in [2.75, 3.05) is 6.61 Å². The van der Waals surface area contributed by atoms with E-state index in [1.54, 1.807) is 0 Å². The van der Waals surface area contributed by atoms with Crippen LogP contribution in [0.2, 0.25) is 45.3 Å². The summed E-state index contributed by atoms with van der Waals surface area (Å²) in [6, 6.07) is 9.34. The fourth-order valence-electron chi connectivity index (χ4n) is 2.74.